The summed E-state index contributed by atoms with van der Waals surface area (Å²) in [5.74, 6) is -2.54. The highest BCUT2D eigenvalue weighted by Crippen LogP contribution is 2.13. The van der Waals surface area contributed by atoms with E-state index in [0.717, 1.165) is 30.5 Å². The van der Waals surface area contributed by atoms with E-state index in [4.69, 9.17) is 9.90 Å². The molecule has 3 rings (SSSR count). The number of pyridine rings is 2. The number of fused-ring (bicyclic) bond motifs is 1. The molecular weight excluding hydrogens is 393 g/mol. The van der Waals surface area contributed by atoms with Gasteiger partial charge in [0.2, 0.25) is 11.5 Å². The molecule has 1 amide bonds. The number of halogens is 3. The number of alkyl halides is 3. The lowest BCUT2D eigenvalue weighted by Crippen LogP contribution is -2.39. The van der Waals surface area contributed by atoms with Crippen molar-refractivity contribution < 1.29 is 27.9 Å². The third kappa shape index (κ3) is 6.86. The molecular formula is C18H21F3N4O4. The smallest absolute Gasteiger partial charge is 0.475 e. The first-order valence-electron chi connectivity index (χ1n) is 8.82. The van der Waals surface area contributed by atoms with Gasteiger partial charge in [0.1, 0.15) is 5.65 Å². The van der Waals surface area contributed by atoms with Gasteiger partial charge in [-0.05, 0) is 31.0 Å². The quantitative estimate of drug-likeness (QED) is 0.704. The molecule has 0 aliphatic carbocycles. The number of rotatable bonds is 3. The van der Waals surface area contributed by atoms with E-state index in [1.54, 1.807) is 11.0 Å². The number of hydrogen-bond donors (Lipinski definition) is 3. The molecule has 2 aromatic heterocycles. The molecule has 1 aliphatic rings. The normalized spacial score (nSPS) is 17.4. The zero-order chi connectivity index (χ0) is 21.6. The van der Waals surface area contributed by atoms with Crippen molar-refractivity contribution in [2.45, 2.75) is 38.0 Å². The predicted octanol–water partition coefficient (Wildman–Crippen LogP) is 1.66. The molecule has 0 aromatic carbocycles. The van der Waals surface area contributed by atoms with Crippen molar-refractivity contribution >= 4 is 22.9 Å². The van der Waals surface area contributed by atoms with Gasteiger partial charge in [-0.15, -0.1) is 0 Å². The Bertz CT molecular complexity index is 929. The fraction of sp³-hybridized carbons (Fsp3) is 0.444. The molecule has 1 saturated heterocycles. The van der Waals surface area contributed by atoms with Gasteiger partial charge < -0.3 is 20.3 Å². The van der Waals surface area contributed by atoms with Crippen molar-refractivity contribution in [1.82, 2.24) is 20.2 Å². The average Bonchev–Trinajstić information content (AvgIpc) is 2.80. The number of nitrogens with zero attached hydrogens (tertiary/aromatic N) is 2. The Morgan fingerprint density at radius 1 is 1.31 bits per heavy atom. The fourth-order valence-corrected chi connectivity index (χ4v) is 2.80. The van der Waals surface area contributed by atoms with Crippen LogP contribution in [0.2, 0.25) is 0 Å². The molecule has 0 radical (unpaired) electrons. The number of carboxylic acids is 1. The molecule has 1 fully saturated rings. The lowest BCUT2D eigenvalue weighted by Gasteiger charge is -2.21. The summed E-state index contributed by atoms with van der Waals surface area (Å²) in [7, 11) is 1.85. The molecule has 2 aromatic rings. The van der Waals surface area contributed by atoms with E-state index in [9.17, 15) is 22.8 Å². The zero-order valence-electron chi connectivity index (χ0n) is 15.6. The minimum atomic E-state index is -5.08. The number of likely N-dealkylation sites (N-methyl/N-ethyl adjacent to an activating group) is 1. The molecule has 11 heteroatoms. The summed E-state index contributed by atoms with van der Waals surface area (Å²) in [6.45, 7) is 1.35. The van der Waals surface area contributed by atoms with Crippen LogP contribution in [0.5, 0.6) is 0 Å². The number of carbonyl (C=O) groups excluding carboxylic acids is 1. The molecule has 0 saturated carbocycles. The lowest BCUT2D eigenvalue weighted by atomic mass is 10.1. The Kier molecular flexibility index (Phi) is 7.32. The number of amides is 1. The van der Waals surface area contributed by atoms with Crippen LogP contribution in [0.25, 0.3) is 11.0 Å². The van der Waals surface area contributed by atoms with Crippen LogP contribution in [0.4, 0.5) is 13.2 Å². The van der Waals surface area contributed by atoms with Gasteiger partial charge in [0.05, 0.1) is 5.69 Å². The van der Waals surface area contributed by atoms with Gasteiger partial charge in [-0.2, -0.15) is 13.2 Å². The van der Waals surface area contributed by atoms with E-state index in [0.29, 0.717) is 18.6 Å². The van der Waals surface area contributed by atoms with Gasteiger partial charge >= 0.3 is 12.1 Å². The topological polar surface area (TPSA) is 115 Å². The molecule has 1 atom stereocenters. The molecule has 0 bridgehead atoms. The van der Waals surface area contributed by atoms with E-state index >= 15 is 0 Å². The Morgan fingerprint density at radius 3 is 2.62 bits per heavy atom. The second kappa shape index (κ2) is 9.50. The second-order valence-corrected chi connectivity index (χ2v) is 6.61. The largest absolute Gasteiger partial charge is 0.490 e. The van der Waals surface area contributed by atoms with E-state index in [-0.39, 0.29) is 17.5 Å². The summed E-state index contributed by atoms with van der Waals surface area (Å²) >= 11 is 0. The number of H-pyrrole nitrogens is 1. The van der Waals surface area contributed by atoms with E-state index in [1.807, 2.05) is 19.2 Å². The summed E-state index contributed by atoms with van der Waals surface area (Å²) in [6, 6.07) is 7.46. The third-order valence-electron chi connectivity index (χ3n) is 4.32. The first-order chi connectivity index (χ1) is 13.6. The van der Waals surface area contributed by atoms with Crippen molar-refractivity contribution in [1.29, 1.82) is 0 Å². The van der Waals surface area contributed by atoms with Crippen LogP contribution in [0.15, 0.2) is 29.1 Å². The van der Waals surface area contributed by atoms with Gasteiger partial charge in [-0.3, -0.25) is 9.59 Å². The standard InChI is InChI=1S/C16H20N4O2.C2HF3O2/c1-20-10-13(3-2-4-15(20)22)17-9-12-7-5-11-6-8-14(21)19-16(11)18-12;3-2(4,5)1(6)7/h5-8,13,17H,2-4,9-10H2,1H3,(H,18,19,21);(H,6,7). The summed E-state index contributed by atoms with van der Waals surface area (Å²) in [5.41, 5.74) is 1.35. The summed E-state index contributed by atoms with van der Waals surface area (Å²) in [6.07, 6.45) is -2.55. The maximum Gasteiger partial charge on any atom is 0.490 e. The molecule has 3 N–H and O–H groups in total. The third-order valence-corrected chi connectivity index (χ3v) is 4.32. The number of carbonyl (C=O) groups is 2. The van der Waals surface area contributed by atoms with Gasteiger partial charge in [-0.25, -0.2) is 9.78 Å². The summed E-state index contributed by atoms with van der Waals surface area (Å²) in [4.78, 5) is 40.9. The predicted molar refractivity (Wildman–Crippen MR) is 98.2 cm³/mol. The fourth-order valence-electron chi connectivity index (χ4n) is 2.80. The highest BCUT2D eigenvalue weighted by molar-refractivity contribution is 5.76. The summed E-state index contributed by atoms with van der Waals surface area (Å²) < 4.78 is 31.7. The minimum absolute atomic E-state index is 0.144. The van der Waals surface area contributed by atoms with E-state index < -0.39 is 12.1 Å². The van der Waals surface area contributed by atoms with Gasteiger partial charge in [0, 0.05) is 44.1 Å². The summed E-state index contributed by atoms with van der Waals surface area (Å²) in [5, 5.41) is 11.5. The van der Waals surface area contributed by atoms with E-state index in [2.05, 4.69) is 15.3 Å². The van der Waals surface area contributed by atoms with Gasteiger partial charge in [0.15, 0.2) is 0 Å². The number of aromatic nitrogens is 2. The molecule has 0 spiro atoms. The van der Waals surface area contributed by atoms with Crippen LogP contribution < -0.4 is 10.9 Å². The maximum atomic E-state index is 11.7. The van der Waals surface area contributed by atoms with Crippen molar-refractivity contribution in [2.24, 2.45) is 0 Å². The first kappa shape index (κ1) is 22.3. The molecule has 29 heavy (non-hydrogen) atoms. The van der Waals surface area contributed by atoms with Crippen LogP contribution in [-0.2, 0) is 16.1 Å². The Labute approximate surface area is 163 Å². The molecule has 1 unspecified atom stereocenters. The minimum Gasteiger partial charge on any atom is -0.475 e. The monoisotopic (exact) mass is 414 g/mol. The van der Waals surface area contributed by atoms with Crippen molar-refractivity contribution in [3.8, 4) is 0 Å². The van der Waals surface area contributed by atoms with Crippen molar-refractivity contribution in [3.05, 3.63) is 40.3 Å². The highest BCUT2D eigenvalue weighted by Gasteiger charge is 2.38. The Balaban J connectivity index is 0.000000370. The van der Waals surface area contributed by atoms with Crippen LogP contribution in [0.3, 0.4) is 0 Å². The van der Waals surface area contributed by atoms with Crippen LogP contribution in [0.1, 0.15) is 25.0 Å². The number of carboxylic acid groups (broad SMARTS) is 1. The zero-order valence-corrected chi connectivity index (χ0v) is 15.6. The Morgan fingerprint density at radius 2 is 1.97 bits per heavy atom. The second-order valence-electron chi connectivity index (χ2n) is 6.61. The number of hydrogen-bond acceptors (Lipinski definition) is 5. The molecule has 158 valence electrons. The van der Waals surface area contributed by atoms with Gasteiger partial charge in [0.25, 0.3) is 0 Å². The van der Waals surface area contributed by atoms with Crippen molar-refractivity contribution in [3.63, 3.8) is 0 Å². The maximum absolute atomic E-state index is 11.7. The average molecular weight is 414 g/mol. The van der Waals surface area contributed by atoms with Crippen LogP contribution >= 0.6 is 0 Å². The first-order valence-corrected chi connectivity index (χ1v) is 8.82. The SMILES string of the molecule is CN1CC(NCc2ccc3ccc(=O)[nH]c3n2)CCCC1=O.O=C(O)C(F)(F)F. The van der Waals surface area contributed by atoms with Crippen LogP contribution in [0, 0.1) is 0 Å². The number of aliphatic carboxylic acids is 1. The van der Waals surface area contributed by atoms with E-state index in [1.165, 1.54) is 6.07 Å². The van der Waals surface area contributed by atoms with Crippen LogP contribution in [-0.4, -0.2) is 57.7 Å². The number of nitrogens with one attached hydrogen (secondary N) is 2. The lowest BCUT2D eigenvalue weighted by molar-refractivity contribution is -0.192. The molecule has 8 nitrogen and oxygen atoms in total. The van der Waals surface area contributed by atoms with Crippen molar-refractivity contribution in [2.75, 3.05) is 13.6 Å². The molecule has 1 aliphatic heterocycles. The molecule has 3 heterocycles. The number of aromatic amines is 1. The van der Waals surface area contributed by atoms with Gasteiger partial charge in [-0.1, -0.05) is 0 Å². The number of likely N-dealkylation sites (tertiary alicyclic amines) is 1. The highest BCUT2D eigenvalue weighted by atomic mass is 19.4. The Hall–Kier alpha value is -2.95.